The van der Waals surface area contributed by atoms with E-state index in [9.17, 15) is 9.18 Å². The van der Waals surface area contributed by atoms with Gasteiger partial charge in [0, 0.05) is 12.2 Å². The maximum absolute atomic E-state index is 13.9. The van der Waals surface area contributed by atoms with Crippen LogP contribution in [0.4, 0.5) is 10.1 Å². The summed E-state index contributed by atoms with van der Waals surface area (Å²) in [5.41, 5.74) is 6.40. The number of carbonyl (C=O) groups is 1. The van der Waals surface area contributed by atoms with E-state index in [0.717, 1.165) is 23.5 Å². The van der Waals surface area contributed by atoms with E-state index in [1.54, 1.807) is 23.9 Å². The van der Waals surface area contributed by atoms with Gasteiger partial charge in [-0.15, -0.1) is 0 Å². The van der Waals surface area contributed by atoms with Gasteiger partial charge in [-0.25, -0.2) is 4.39 Å². The van der Waals surface area contributed by atoms with Crippen LogP contribution in [0.1, 0.15) is 32.3 Å². The zero-order valence-corrected chi connectivity index (χ0v) is 13.1. The van der Waals surface area contributed by atoms with E-state index in [-0.39, 0.29) is 11.6 Å². The van der Waals surface area contributed by atoms with Crippen molar-refractivity contribution in [1.29, 1.82) is 0 Å². The van der Waals surface area contributed by atoms with Crippen molar-refractivity contribution in [3.05, 3.63) is 29.6 Å². The maximum Gasteiger partial charge on any atom is 0.224 e. The summed E-state index contributed by atoms with van der Waals surface area (Å²) < 4.78 is 13.9. The summed E-state index contributed by atoms with van der Waals surface area (Å²) in [5, 5.41) is 2.62. The molecule has 0 bridgehead atoms. The topological polar surface area (TPSA) is 67.5 Å². The molecule has 21 heavy (non-hydrogen) atoms. The molecule has 3 N–H and O–H groups in total. The molecule has 1 unspecified atom stereocenters. The molecule has 0 saturated heterocycles. The van der Waals surface area contributed by atoms with Gasteiger partial charge in [-0.1, -0.05) is 13.0 Å². The fourth-order valence-corrected chi connectivity index (χ4v) is 3.28. The molecule has 0 radical (unpaired) electrons. The molecule has 1 heterocycles. The van der Waals surface area contributed by atoms with Crippen LogP contribution in [0, 0.1) is 5.82 Å². The first-order chi connectivity index (χ1) is 9.94. The van der Waals surface area contributed by atoms with E-state index in [0.29, 0.717) is 12.3 Å². The monoisotopic (exact) mass is 309 g/mol. The number of rotatable bonds is 4. The number of halogens is 1. The number of hydrogen-bond donors (Lipinski definition) is 2. The van der Waals surface area contributed by atoms with E-state index in [4.69, 9.17) is 5.73 Å². The first-order valence-electron chi connectivity index (χ1n) is 6.96. The summed E-state index contributed by atoms with van der Waals surface area (Å²) in [6.07, 6.45) is 1.10. The molecule has 4 nitrogen and oxygen atoms in total. The molecular formula is C15H20FN3OS. The first kappa shape index (κ1) is 15.8. The summed E-state index contributed by atoms with van der Waals surface area (Å²) in [6, 6.07) is 4.73. The molecule has 0 aromatic heterocycles. The number of benzene rings is 1. The highest BCUT2D eigenvalue weighted by Crippen LogP contribution is 2.34. The van der Waals surface area contributed by atoms with Crippen molar-refractivity contribution >= 4 is 29.2 Å². The van der Waals surface area contributed by atoms with Gasteiger partial charge < -0.3 is 11.1 Å². The number of carbonyl (C=O) groups excluding carboxylic acids is 1. The van der Waals surface area contributed by atoms with Crippen LogP contribution < -0.4 is 11.1 Å². The number of aliphatic imine (C=N–C) groups is 1. The number of amides is 1. The molecule has 1 atom stereocenters. The lowest BCUT2D eigenvalue weighted by Crippen LogP contribution is -2.33. The maximum atomic E-state index is 13.9. The number of thioether (sulfide) groups is 1. The van der Waals surface area contributed by atoms with E-state index in [1.165, 1.54) is 6.07 Å². The zero-order valence-electron chi connectivity index (χ0n) is 12.3. The lowest BCUT2D eigenvalue weighted by molar-refractivity contribution is -0.116. The van der Waals surface area contributed by atoms with Crippen LogP contribution in [0.2, 0.25) is 0 Å². The predicted molar refractivity (Wildman–Crippen MR) is 86.2 cm³/mol. The number of nitrogens with zero attached hydrogens (tertiary/aromatic N) is 1. The van der Waals surface area contributed by atoms with Gasteiger partial charge in [-0.05, 0) is 31.0 Å². The third-order valence-electron chi connectivity index (χ3n) is 3.36. The van der Waals surface area contributed by atoms with E-state index >= 15 is 0 Å². The molecule has 1 aliphatic rings. The second kappa shape index (κ2) is 6.47. The van der Waals surface area contributed by atoms with Crippen LogP contribution in [0.5, 0.6) is 0 Å². The SMILES string of the molecule is CCCC(=O)Nc1cc(C2(C)CSCC(N)=N2)ccc1F. The minimum absolute atomic E-state index is 0.181. The average molecular weight is 309 g/mol. The molecule has 1 aromatic rings. The first-order valence-corrected chi connectivity index (χ1v) is 8.12. The highest BCUT2D eigenvalue weighted by atomic mass is 32.2. The quantitative estimate of drug-likeness (QED) is 0.898. The van der Waals surface area contributed by atoms with Gasteiger partial charge >= 0.3 is 0 Å². The predicted octanol–water partition coefficient (Wildman–Crippen LogP) is 2.88. The Morgan fingerprint density at radius 1 is 1.57 bits per heavy atom. The lowest BCUT2D eigenvalue weighted by Gasteiger charge is -2.30. The molecule has 114 valence electrons. The zero-order chi connectivity index (χ0) is 15.5. The van der Waals surface area contributed by atoms with Crippen molar-refractivity contribution in [1.82, 2.24) is 0 Å². The van der Waals surface area contributed by atoms with Crippen molar-refractivity contribution in [3.63, 3.8) is 0 Å². The van der Waals surface area contributed by atoms with Gasteiger partial charge in [0.05, 0.1) is 17.0 Å². The Balaban J connectivity index is 2.30. The van der Waals surface area contributed by atoms with E-state index in [2.05, 4.69) is 10.3 Å². The third kappa shape index (κ3) is 3.75. The summed E-state index contributed by atoms with van der Waals surface area (Å²) in [4.78, 5) is 16.2. The molecule has 2 rings (SSSR count). The van der Waals surface area contributed by atoms with Crippen LogP contribution in [-0.4, -0.2) is 23.2 Å². The molecule has 0 aliphatic carbocycles. The van der Waals surface area contributed by atoms with Crippen LogP contribution in [-0.2, 0) is 10.3 Å². The van der Waals surface area contributed by atoms with Crippen molar-refractivity contribution in [2.24, 2.45) is 10.7 Å². The molecule has 1 aliphatic heterocycles. The summed E-state index contributed by atoms with van der Waals surface area (Å²) >= 11 is 1.70. The Kier molecular flexibility index (Phi) is 4.88. The number of nitrogens with one attached hydrogen (secondary N) is 1. The van der Waals surface area contributed by atoms with Gasteiger partial charge in [0.2, 0.25) is 5.91 Å². The van der Waals surface area contributed by atoms with Crippen LogP contribution in [0.3, 0.4) is 0 Å². The highest BCUT2D eigenvalue weighted by molar-refractivity contribution is 8.00. The minimum atomic E-state index is -0.481. The van der Waals surface area contributed by atoms with Crippen molar-refractivity contribution in [3.8, 4) is 0 Å². The number of hydrogen-bond acceptors (Lipinski definition) is 4. The Morgan fingerprint density at radius 2 is 2.33 bits per heavy atom. The van der Waals surface area contributed by atoms with Crippen LogP contribution >= 0.6 is 11.8 Å². The Bertz CT molecular complexity index is 576. The van der Waals surface area contributed by atoms with Gasteiger partial charge in [0.1, 0.15) is 11.7 Å². The smallest absolute Gasteiger partial charge is 0.224 e. The second-order valence-electron chi connectivity index (χ2n) is 5.36. The van der Waals surface area contributed by atoms with Gasteiger partial charge in [0.25, 0.3) is 0 Å². The van der Waals surface area contributed by atoms with Crippen molar-refractivity contribution in [2.45, 2.75) is 32.2 Å². The fourth-order valence-electron chi connectivity index (χ4n) is 2.28. The number of amidine groups is 1. The highest BCUT2D eigenvalue weighted by Gasteiger charge is 2.30. The number of anilines is 1. The van der Waals surface area contributed by atoms with Crippen LogP contribution in [0.15, 0.2) is 23.2 Å². The van der Waals surface area contributed by atoms with Crippen molar-refractivity contribution < 1.29 is 9.18 Å². The number of nitrogens with two attached hydrogens (primary N) is 1. The van der Waals surface area contributed by atoms with Gasteiger partial charge in [0.15, 0.2) is 0 Å². The van der Waals surface area contributed by atoms with E-state index < -0.39 is 11.4 Å². The average Bonchev–Trinajstić information content (AvgIpc) is 2.41. The fraction of sp³-hybridized carbons (Fsp3) is 0.467. The van der Waals surface area contributed by atoms with Crippen molar-refractivity contribution in [2.75, 3.05) is 16.8 Å². The van der Waals surface area contributed by atoms with Gasteiger partial charge in [-0.2, -0.15) is 11.8 Å². The van der Waals surface area contributed by atoms with Gasteiger partial charge in [-0.3, -0.25) is 9.79 Å². The minimum Gasteiger partial charge on any atom is -0.387 e. The summed E-state index contributed by atoms with van der Waals surface area (Å²) in [6.45, 7) is 3.88. The Morgan fingerprint density at radius 3 is 3.00 bits per heavy atom. The largest absolute Gasteiger partial charge is 0.387 e. The standard InChI is InChI=1S/C15H20FN3OS/c1-3-4-14(20)18-12-7-10(5-6-11(12)16)15(2)9-21-8-13(17)19-15/h5-7H,3-4,8-9H2,1-2H3,(H2,17,19)(H,18,20). The molecule has 6 heteroatoms. The second-order valence-corrected chi connectivity index (χ2v) is 6.35. The van der Waals surface area contributed by atoms with E-state index in [1.807, 2.05) is 13.8 Å². The molecular weight excluding hydrogens is 289 g/mol. The molecule has 0 fully saturated rings. The lowest BCUT2D eigenvalue weighted by atomic mass is 9.94. The van der Waals surface area contributed by atoms with Crippen LogP contribution in [0.25, 0.3) is 0 Å². The molecule has 1 aromatic carbocycles. The Labute approximate surface area is 128 Å². The third-order valence-corrected chi connectivity index (χ3v) is 4.63. The summed E-state index contributed by atoms with van der Waals surface area (Å²) in [7, 11) is 0. The normalized spacial score (nSPS) is 21.8. The summed E-state index contributed by atoms with van der Waals surface area (Å²) in [5.74, 6) is 1.47. The molecule has 0 saturated carbocycles. The molecule has 1 amide bonds. The molecule has 0 spiro atoms. The Hall–Kier alpha value is -1.56.